The summed E-state index contributed by atoms with van der Waals surface area (Å²) >= 11 is 0. The molecule has 3 aromatic rings. The van der Waals surface area contributed by atoms with Crippen LogP contribution < -0.4 is 9.80 Å². The van der Waals surface area contributed by atoms with Crippen LogP contribution in [0.2, 0.25) is 0 Å². The number of alkyl halides is 3. The van der Waals surface area contributed by atoms with Crippen LogP contribution in [0.4, 0.5) is 35.0 Å². The molecule has 0 bridgehead atoms. The molecule has 40 heavy (non-hydrogen) atoms. The van der Waals surface area contributed by atoms with Crippen LogP contribution in [0, 0.1) is 33.5 Å². The predicted molar refractivity (Wildman–Crippen MR) is 149 cm³/mol. The van der Waals surface area contributed by atoms with Gasteiger partial charge in [0.05, 0.1) is 6.04 Å². The van der Waals surface area contributed by atoms with Crippen molar-refractivity contribution >= 4 is 23.4 Å². The van der Waals surface area contributed by atoms with Gasteiger partial charge in [0.15, 0.2) is 0 Å². The van der Waals surface area contributed by atoms with Crippen LogP contribution in [0.3, 0.4) is 0 Å². The maximum absolute atomic E-state index is 13.5. The number of halogens is 4. The van der Waals surface area contributed by atoms with Gasteiger partial charge in [-0.2, -0.15) is 18.2 Å². The second-order valence-corrected chi connectivity index (χ2v) is 10.1. The second kappa shape index (κ2) is 12.7. The number of carboxylic acids is 1. The number of aryl methyl sites for hydroxylation is 4. The predicted octanol–water partition coefficient (Wildman–Crippen LogP) is 7.54. The molecule has 2 aromatic carbocycles. The lowest BCUT2D eigenvalue weighted by Crippen LogP contribution is -2.30. The molecule has 0 saturated carbocycles. The van der Waals surface area contributed by atoms with Crippen LogP contribution in [0.5, 0.6) is 0 Å². The molecule has 0 radical (unpaired) electrons. The zero-order chi connectivity index (χ0) is 29.8. The molecule has 216 valence electrons. The highest BCUT2D eigenvalue weighted by Gasteiger charge is 2.38. The van der Waals surface area contributed by atoms with Crippen molar-refractivity contribution in [2.45, 2.75) is 73.0 Å². The lowest BCUT2D eigenvalue weighted by Gasteiger charge is -2.33. The van der Waals surface area contributed by atoms with Gasteiger partial charge in [0.2, 0.25) is 5.95 Å². The Morgan fingerprint density at radius 1 is 1.05 bits per heavy atom. The molecule has 1 unspecified atom stereocenters. The molecule has 1 N–H and O–H groups in total. The number of benzene rings is 2. The number of fused-ring (bicyclic) bond motifs is 1. The minimum Gasteiger partial charge on any atom is -0.475 e. The van der Waals surface area contributed by atoms with E-state index in [0.29, 0.717) is 0 Å². The van der Waals surface area contributed by atoms with E-state index in [0.717, 1.165) is 55.4 Å². The Hall–Kier alpha value is -3.69. The highest BCUT2D eigenvalue weighted by Crippen LogP contribution is 2.37. The van der Waals surface area contributed by atoms with Gasteiger partial charge >= 0.3 is 12.1 Å². The third kappa shape index (κ3) is 7.08. The third-order valence-corrected chi connectivity index (χ3v) is 7.05. The van der Waals surface area contributed by atoms with E-state index in [4.69, 9.17) is 19.9 Å². The van der Waals surface area contributed by atoms with Gasteiger partial charge in [0.25, 0.3) is 0 Å². The molecule has 2 heterocycles. The van der Waals surface area contributed by atoms with Crippen molar-refractivity contribution < 1.29 is 27.5 Å². The Bertz CT molecular complexity index is 1320. The van der Waals surface area contributed by atoms with Gasteiger partial charge in [0, 0.05) is 30.0 Å². The van der Waals surface area contributed by atoms with E-state index in [-0.39, 0.29) is 11.9 Å². The monoisotopic (exact) mass is 560 g/mol. The van der Waals surface area contributed by atoms with Crippen molar-refractivity contribution in [2.75, 3.05) is 22.9 Å². The molecule has 4 rings (SSSR count). The summed E-state index contributed by atoms with van der Waals surface area (Å²) in [5, 5.41) is 7.12. The SMILES string of the molecule is CCN(c1nc(C)c2c(n1)N(C(C)c1ccc(F)cc1)CCCC2)c1c(C)cc(C)cc1C.O=C(O)C(F)(F)F. The topological polar surface area (TPSA) is 69.6 Å². The highest BCUT2D eigenvalue weighted by atomic mass is 19.4. The van der Waals surface area contributed by atoms with E-state index < -0.39 is 12.1 Å². The summed E-state index contributed by atoms with van der Waals surface area (Å²) in [4.78, 5) is 23.7. The van der Waals surface area contributed by atoms with Crippen molar-refractivity contribution in [1.82, 2.24) is 9.97 Å². The van der Waals surface area contributed by atoms with E-state index in [2.05, 4.69) is 63.5 Å². The quantitative estimate of drug-likeness (QED) is 0.325. The minimum atomic E-state index is -5.08. The Morgan fingerprint density at radius 2 is 1.62 bits per heavy atom. The number of hydrogen-bond acceptors (Lipinski definition) is 5. The molecule has 10 heteroatoms. The smallest absolute Gasteiger partial charge is 0.475 e. The number of nitrogens with zero attached hydrogens (tertiary/aromatic N) is 4. The molecule has 0 saturated heterocycles. The number of anilines is 3. The first-order valence-electron chi connectivity index (χ1n) is 13.3. The van der Waals surface area contributed by atoms with E-state index in [1.165, 1.54) is 27.9 Å². The fourth-order valence-corrected chi connectivity index (χ4v) is 5.20. The van der Waals surface area contributed by atoms with Crippen molar-refractivity contribution in [1.29, 1.82) is 0 Å². The van der Waals surface area contributed by atoms with Gasteiger partial charge in [0.1, 0.15) is 11.6 Å². The van der Waals surface area contributed by atoms with E-state index in [1.807, 2.05) is 12.1 Å². The molecule has 1 aliphatic rings. The summed E-state index contributed by atoms with van der Waals surface area (Å²) in [5.41, 5.74) is 8.31. The molecule has 0 spiro atoms. The van der Waals surface area contributed by atoms with Crippen molar-refractivity contribution in [3.8, 4) is 0 Å². The zero-order valence-electron chi connectivity index (χ0n) is 23.7. The average molecular weight is 561 g/mol. The minimum absolute atomic E-state index is 0.0996. The number of carbonyl (C=O) groups is 1. The fraction of sp³-hybridized carbons (Fsp3) is 0.433. The molecule has 1 atom stereocenters. The summed E-state index contributed by atoms with van der Waals surface area (Å²) in [7, 11) is 0. The maximum Gasteiger partial charge on any atom is 0.490 e. The van der Waals surface area contributed by atoms with Crippen molar-refractivity contribution in [2.24, 2.45) is 0 Å². The maximum atomic E-state index is 13.5. The van der Waals surface area contributed by atoms with Gasteiger partial charge in [-0.05, 0) is 89.6 Å². The largest absolute Gasteiger partial charge is 0.490 e. The van der Waals surface area contributed by atoms with E-state index in [1.54, 1.807) is 12.1 Å². The zero-order valence-corrected chi connectivity index (χ0v) is 23.7. The number of rotatable bonds is 5. The third-order valence-electron chi connectivity index (χ3n) is 7.05. The first-order valence-corrected chi connectivity index (χ1v) is 13.3. The van der Waals surface area contributed by atoms with Gasteiger partial charge in [-0.25, -0.2) is 14.2 Å². The second-order valence-electron chi connectivity index (χ2n) is 10.1. The Labute approximate surface area is 232 Å². The molecular formula is C30H36F4N4O2. The molecule has 1 aromatic heterocycles. The first kappa shape index (κ1) is 30.8. The van der Waals surface area contributed by atoms with Crippen LogP contribution in [0.25, 0.3) is 0 Å². The summed E-state index contributed by atoms with van der Waals surface area (Å²) in [6.45, 7) is 14.6. The molecular weight excluding hydrogens is 524 g/mol. The summed E-state index contributed by atoms with van der Waals surface area (Å²) in [6.07, 6.45) is -1.87. The van der Waals surface area contributed by atoms with Gasteiger partial charge in [-0.15, -0.1) is 0 Å². The lowest BCUT2D eigenvalue weighted by molar-refractivity contribution is -0.192. The summed E-state index contributed by atoms with van der Waals surface area (Å²) < 4.78 is 45.3. The lowest BCUT2D eigenvalue weighted by atomic mass is 10.0. The standard InChI is InChI=1S/C28H35FN4.C2HF3O2/c1-7-32(26-19(3)16-18(2)17-20(26)4)28-30-21(5)25-10-8-9-15-33(27(25)31-28)22(6)23-11-13-24(29)14-12-23;3-2(4,5)1(6)7/h11-14,16-17,22H,7-10,15H2,1-6H3;(H,6,7). The number of aliphatic carboxylic acids is 1. The van der Waals surface area contributed by atoms with Crippen LogP contribution in [-0.4, -0.2) is 40.3 Å². The van der Waals surface area contributed by atoms with Crippen LogP contribution in [-0.2, 0) is 11.2 Å². The molecule has 0 fully saturated rings. The summed E-state index contributed by atoms with van der Waals surface area (Å²) in [6, 6.07) is 11.4. The van der Waals surface area contributed by atoms with Gasteiger partial charge in [-0.1, -0.05) is 29.8 Å². The molecule has 6 nitrogen and oxygen atoms in total. The highest BCUT2D eigenvalue weighted by molar-refractivity contribution is 5.73. The summed E-state index contributed by atoms with van der Waals surface area (Å²) in [5.74, 6) is -1.19. The fourth-order valence-electron chi connectivity index (χ4n) is 5.20. The molecule has 0 amide bonds. The van der Waals surface area contributed by atoms with Crippen molar-refractivity contribution in [3.05, 3.63) is 75.7 Å². The Balaban J connectivity index is 0.000000559. The first-order chi connectivity index (χ1) is 18.7. The number of hydrogen-bond donors (Lipinski definition) is 1. The van der Waals surface area contributed by atoms with Gasteiger partial charge < -0.3 is 14.9 Å². The average Bonchev–Trinajstić information content (AvgIpc) is 3.09. The van der Waals surface area contributed by atoms with Crippen LogP contribution in [0.1, 0.15) is 66.2 Å². The van der Waals surface area contributed by atoms with Crippen LogP contribution in [0.15, 0.2) is 36.4 Å². The number of aromatic nitrogens is 2. The van der Waals surface area contributed by atoms with E-state index in [9.17, 15) is 17.6 Å². The molecule has 0 aliphatic carbocycles. The number of carboxylic acid groups (broad SMARTS) is 1. The Morgan fingerprint density at radius 3 is 2.15 bits per heavy atom. The Kier molecular flexibility index (Phi) is 9.76. The van der Waals surface area contributed by atoms with Crippen LogP contribution >= 0.6 is 0 Å². The van der Waals surface area contributed by atoms with E-state index >= 15 is 0 Å². The van der Waals surface area contributed by atoms with Crippen molar-refractivity contribution in [3.63, 3.8) is 0 Å². The van der Waals surface area contributed by atoms with Gasteiger partial charge in [-0.3, -0.25) is 0 Å². The normalized spacial score (nSPS) is 14.0. The molecule has 1 aliphatic heterocycles.